The van der Waals surface area contributed by atoms with Gasteiger partial charge in [-0.2, -0.15) is 0 Å². The lowest BCUT2D eigenvalue weighted by Gasteiger charge is -2.21. The van der Waals surface area contributed by atoms with Gasteiger partial charge in [0, 0.05) is 23.5 Å². The number of carbonyl (C=O) groups excluding carboxylic acids is 1. The fraction of sp³-hybridized carbons (Fsp3) is 0.462. The van der Waals surface area contributed by atoms with Crippen LogP contribution in [0.1, 0.15) is 13.8 Å². The van der Waals surface area contributed by atoms with E-state index < -0.39 is 6.04 Å². The van der Waals surface area contributed by atoms with Gasteiger partial charge in [-0.15, -0.1) is 0 Å². The molecular formula is C13H20N2O3. The van der Waals surface area contributed by atoms with Gasteiger partial charge in [-0.1, -0.05) is 13.8 Å². The molecule has 0 aliphatic heterocycles. The summed E-state index contributed by atoms with van der Waals surface area (Å²) in [4.78, 5) is 11.6. The number of nitrogens with two attached hydrogens (primary N) is 1. The van der Waals surface area contributed by atoms with Crippen molar-refractivity contribution in [2.75, 3.05) is 25.3 Å². The number of nitrogen functional groups attached to an aromatic ring is 1. The first-order chi connectivity index (χ1) is 8.47. The summed E-state index contributed by atoms with van der Waals surface area (Å²) in [6, 6.07) is 4.84. The standard InChI is InChI=1S/C13H20N2O3/c1-8(2)12(13(16)18-4)15-10-5-9(14)6-11(7-10)17-3/h5-8,12,15H,14H2,1-4H3. The third kappa shape index (κ3) is 3.55. The summed E-state index contributed by atoms with van der Waals surface area (Å²) in [6.07, 6.45) is 0. The lowest BCUT2D eigenvalue weighted by molar-refractivity contribution is -0.142. The van der Waals surface area contributed by atoms with Crippen molar-refractivity contribution in [2.45, 2.75) is 19.9 Å². The Morgan fingerprint density at radius 1 is 1.28 bits per heavy atom. The summed E-state index contributed by atoms with van der Waals surface area (Å²) in [5, 5.41) is 3.11. The molecule has 18 heavy (non-hydrogen) atoms. The number of hydrogen-bond acceptors (Lipinski definition) is 5. The van der Waals surface area contributed by atoms with Crippen molar-refractivity contribution in [3.63, 3.8) is 0 Å². The molecule has 1 unspecified atom stereocenters. The van der Waals surface area contributed by atoms with Gasteiger partial charge in [-0.3, -0.25) is 0 Å². The van der Waals surface area contributed by atoms with E-state index in [2.05, 4.69) is 5.32 Å². The minimum absolute atomic E-state index is 0.102. The molecule has 1 rings (SSSR count). The third-order valence-corrected chi connectivity index (χ3v) is 2.61. The Kier molecular flexibility index (Phi) is 4.83. The summed E-state index contributed by atoms with van der Waals surface area (Å²) >= 11 is 0. The van der Waals surface area contributed by atoms with E-state index in [4.69, 9.17) is 15.2 Å². The van der Waals surface area contributed by atoms with Crippen LogP contribution in [0.2, 0.25) is 0 Å². The minimum atomic E-state index is -0.415. The van der Waals surface area contributed by atoms with Crippen molar-refractivity contribution >= 4 is 17.3 Å². The van der Waals surface area contributed by atoms with Crippen LogP contribution in [-0.4, -0.2) is 26.2 Å². The predicted octanol–water partition coefficient (Wildman–Crippen LogP) is 1.89. The second-order valence-electron chi connectivity index (χ2n) is 4.38. The summed E-state index contributed by atoms with van der Waals surface area (Å²) in [5.41, 5.74) is 7.06. The first-order valence-electron chi connectivity index (χ1n) is 5.76. The van der Waals surface area contributed by atoms with Gasteiger partial charge in [0.15, 0.2) is 0 Å². The van der Waals surface area contributed by atoms with Gasteiger partial charge >= 0.3 is 5.97 Å². The van der Waals surface area contributed by atoms with Crippen LogP contribution >= 0.6 is 0 Å². The highest BCUT2D eigenvalue weighted by atomic mass is 16.5. The van der Waals surface area contributed by atoms with E-state index in [-0.39, 0.29) is 11.9 Å². The van der Waals surface area contributed by atoms with E-state index in [9.17, 15) is 4.79 Å². The van der Waals surface area contributed by atoms with Gasteiger partial charge in [0.2, 0.25) is 0 Å². The Bertz CT molecular complexity index is 419. The lowest BCUT2D eigenvalue weighted by atomic mass is 10.0. The van der Waals surface area contributed by atoms with E-state index in [1.807, 2.05) is 13.8 Å². The van der Waals surface area contributed by atoms with Crippen LogP contribution in [-0.2, 0) is 9.53 Å². The molecule has 0 amide bonds. The first-order valence-corrected chi connectivity index (χ1v) is 5.76. The number of ether oxygens (including phenoxy) is 2. The van der Waals surface area contributed by atoms with Crippen LogP contribution in [0.25, 0.3) is 0 Å². The molecule has 0 aliphatic rings. The van der Waals surface area contributed by atoms with E-state index in [1.54, 1.807) is 25.3 Å². The Morgan fingerprint density at radius 3 is 2.44 bits per heavy atom. The maximum absolute atomic E-state index is 11.6. The number of nitrogens with one attached hydrogen (secondary N) is 1. The average molecular weight is 252 g/mol. The van der Waals surface area contributed by atoms with Crippen molar-refractivity contribution in [1.29, 1.82) is 0 Å². The third-order valence-electron chi connectivity index (χ3n) is 2.61. The Morgan fingerprint density at radius 2 is 1.94 bits per heavy atom. The SMILES string of the molecule is COC(=O)C(Nc1cc(N)cc(OC)c1)C(C)C. The molecule has 0 spiro atoms. The number of anilines is 2. The first kappa shape index (κ1) is 14.2. The maximum atomic E-state index is 11.6. The molecule has 3 N–H and O–H groups in total. The molecule has 0 heterocycles. The molecule has 0 aromatic heterocycles. The number of esters is 1. The van der Waals surface area contributed by atoms with Crippen LogP contribution in [0.15, 0.2) is 18.2 Å². The molecule has 0 saturated heterocycles. The molecule has 100 valence electrons. The summed E-state index contributed by atoms with van der Waals surface area (Å²) in [7, 11) is 2.94. The molecule has 0 saturated carbocycles. The molecule has 1 atom stereocenters. The number of carbonyl (C=O) groups is 1. The van der Waals surface area contributed by atoms with Crippen LogP contribution in [0.3, 0.4) is 0 Å². The van der Waals surface area contributed by atoms with Gasteiger partial charge < -0.3 is 20.5 Å². The Hall–Kier alpha value is -1.91. The van der Waals surface area contributed by atoms with Crippen molar-refractivity contribution < 1.29 is 14.3 Å². The zero-order valence-electron chi connectivity index (χ0n) is 11.2. The molecule has 1 aromatic carbocycles. The summed E-state index contributed by atoms with van der Waals surface area (Å²) in [5.74, 6) is 0.445. The number of hydrogen-bond donors (Lipinski definition) is 2. The second kappa shape index (κ2) is 6.14. The minimum Gasteiger partial charge on any atom is -0.497 e. The van der Waals surface area contributed by atoms with Crippen LogP contribution in [0.4, 0.5) is 11.4 Å². The Labute approximate surface area is 107 Å². The molecule has 1 aromatic rings. The molecule has 0 bridgehead atoms. The highest BCUT2D eigenvalue weighted by Crippen LogP contribution is 2.24. The normalized spacial score (nSPS) is 12.1. The smallest absolute Gasteiger partial charge is 0.328 e. The van der Waals surface area contributed by atoms with E-state index in [1.165, 1.54) is 7.11 Å². The second-order valence-corrected chi connectivity index (χ2v) is 4.38. The Balaban J connectivity index is 2.93. The van der Waals surface area contributed by atoms with Gasteiger partial charge in [0.25, 0.3) is 0 Å². The fourth-order valence-corrected chi connectivity index (χ4v) is 1.63. The molecule has 0 aliphatic carbocycles. The predicted molar refractivity (Wildman–Crippen MR) is 71.7 cm³/mol. The number of benzene rings is 1. The van der Waals surface area contributed by atoms with E-state index in [0.717, 1.165) is 5.69 Å². The molecule has 5 nitrogen and oxygen atoms in total. The van der Waals surface area contributed by atoms with Crippen molar-refractivity contribution in [1.82, 2.24) is 0 Å². The van der Waals surface area contributed by atoms with Crippen molar-refractivity contribution in [2.24, 2.45) is 5.92 Å². The monoisotopic (exact) mass is 252 g/mol. The number of rotatable bonds is 5. The molecule has 0 fully saturated rings. The molecular weight excluding hydrogens is 232 g/mol. The number of methoxy groups -OCH3 is 2. The van der Waals surface area contributed by atoms with Gasteiger partial charge in [0.05, 0.1) is 14.2 Å². The van der Waals surface area contributed by atoms with Gasteiger partial charge in [0.1, 0.15) is 11.8 Å². The van der Waals surface area contributed by atoms with Crippen molar-refractivity contribution in [3.8, 4) is 5.75 Å². The fourth-order valence-electron chi connectivity index (χ4n) is 1.63. The van der Waals surface area contributed by atoms with E-state index >= 15 is 0 Å². The van der Waals surface area contributed by atoms with E-state index in [0.29, 0.717) is 11.4 Å². The summed E-state index contributed by atoms with van der Waals surface area (Å²) < 4.78 is 9.90. The topological polar surface area (TPSA) is 73.6 Å². The van der Waals surface area contributed by atoms with Crippen molar-refractivity contribution in [3.05, 3.63) is 18.2 Å². The lowest BCUT2D eigenvalue weighted by Crippen LogP contribution is -2.35. The quantitative estimate of drug-likeness (QED) is 0.618. The summed E-state index contributed by atoms with van der Waals surface area (Å²) in [6.45, 7) is 3.89. The van der Waals surface area contributed by atoms with Crippen LogP contribution < -0.4 is 15.8 Å². The largest absolute Gasteiger partial charge is 0.497 e. The van der Waals surface area contributed by atoms with Crippen LogP contribution in [0, 0.1) is 5.92 Å². The molecule has 0 radical (unpaired) electrons. The highest BCUT2D eigenvalue weighted by Gasteiger charge is 2.22. The highest BCUT2D eigenvalue weighted by molar-refractivity contribution is 5.80. The zero-order chi connectivity index (χ0) is 13.7. The zero-order valence-corrected chi connectivity index (χ0v) is 11.2. The maximum Gasteiger partial charge on any atom is 0.328 e. The van der Waals surface area contributed by atoms with Gasteiger partial charge in [-0.25, -0.2) is 4.79 Å². The van der Waals surface area contributed by atoms with Gasteiger partial charge in [-0.05, 0) is 12.0 Å². The molecule has 5 heteroatoms. The van der Waals surface area contributed by atoms with Crippen LogP contribution in [0.5, 0.6) is 5.75 Å². The average Bonchev–Trinajstić information content (AvgIpc) is 2.34.